The number of piperidine rings is 1. The van der Waals surface area contributed by atoms with Crippen LogP contribution < -0.4 is 5.73 Å². The van der Waals surface area contributed by atoms with Crippen molar-refractivity contribution in [3.63, 3.8) is 0 Å². The molecular formula is C17H31N3O. The van der Waals surface area contributed by atoms with Crippen LogP contribution in [0.15, 0.2) is 0 Å². The second kappa shape index (κ2) is 6.66. The fourth-order valence-corrected chi connectivity index (χ4v) is 4.38. The molecule has 0 bridgehead atoms. The van der Waals surface area contributed by atoms with E-state index in [0.29, 0.717) is 5.92 Å². The van der Waals surface area contributed by atoms with E-state index in [1.807, 2.05) is 0 Å². The molecule has 120 valence electrons. The lowest BCUT2D eigenvalue weighted by Gasteiger charge is -2.35. The number of amides is 1. The summed E-state index contributed by atoms with van der Waals surface area (Å²) < 4.78 is 0. The summed E-state index contributed by atoms with van der Waals surface area (Å²) in [7, 11) is 0. The van der Waals surface area contributed by atoms with E-state index in [4.69, 9.17) is 5.73 Å². The van der Waals surface area contributed by atoms with Gasteiger partial charge in [-0.05, 0) is 51.1 Å². The maximum atomic E-state index is 12.7. The minimum Gasteiger partial charge on any atom is -0.341 e. The first kappa shape index (κ1) is 15.3. The quantitative estimate of drug-likeness (QED) is 0.865. The van der Waals surface area contributed by atoms with Crippen LogP contribution in [0, 0.1) is 5.92 Å². The number of likely N-dealkylation sites (tertiary alicyclic amines) is 2. The van der Waals surface area contributed by atoms with Crippen molar-refractivity contribution in [3.8, 4) is 0 Å². The fraction of sp³-hybridized carbons (Fsp3) is 0.941. The Morgan fingerprint density at radius 1 is 1.00 bits per heavy atom. The second-order valence-corrected chi connectivity index (χ2v) is 7.48. The van der Waals surface area contributed by atoms with Crippen molar-refractivity contribution in [3.05, 3.63) is 0 Å². The largest absolute Gasteiger partial charge is 0.341 e. The van der Waals surface area contributed by atoms with E-state index in [2.05, 4.69) is 9.80 Å². The molecule has 3 fully saturated rings. The topological polar surface area (TPSA) is 49.6 Å². The van der Waals surface area contributed by atoms with Crippen LogP contribution in [0.25, 0.3) is 0 Å². The highest BCUT2D eigenvalue weighted by Crippen LogP contribution is 2.30. The monoisotopic (exact) mass is 293 g/mol. The van der Waals surface area contributed by atoms with Crippen molar-refractivity contribution in [2.45, 2.75) is 63.3 Å². The number of hydrogen-bond donors (Lipinski definition) is 1. The average Bonchev–Trinajstić information content (AvgIpc) is 2.96. The molecular weight excluding hydrogens is 262 g/mol. The van der Waals surface area contributed by atoms with Crippen molar-refractivity contribution in [1.82, 2.24) is 9.80 Å². The molecule has 1 aliphatic carbocycles. The summed E-state index contributed by atoms with van der Waals surface area (Å²) in [5, 5.41) is 0. The van der Waals surface area contributed by atoms with Crippen LogP contribution in [0.1, 0.15) is 57.8 Å². The molecule has 2 heterocycles. The number of carbonyl (C=O) groups excluding carboxylic acids is 1. The smallest absolute Gasteiger partial charge is 0.242 e. The van der Waals surface area contributed by atoms with Crippen LogP contribution in [-0.4, -0.2) is 54.0 Å². The molecule has 0 spiro atoms. The van der Waals surface area contributed by atoms with Gasteiger partial charge in [0.1, 0.15) is 0 Å². The van der Waals surface area contributed by atoms with Crippen LogP contribution in [0.3, 0.4) is 0 Å². The van der Waals surface area contributed by atoms with Crippen molar-refractivity contribution < 1.29 is 4.79 Å². The van der Waals surface area contributed by atoms with Gasteiger partial charge in [0, 0.05) is 19.6 Å². The van der Waals surface area contributed by atoms with E-state index >= 15 is 0 Å². The number of nitrogens with two attached hydrogens (primary N) is 1. The SMILES string of the molecule is NC1(C(=O)N2CCC(CN3CCCCC3)C2)CCCCC1. The Bertz CT molecular complexity index is 359. The van der Waals surface area contributed by atoms with Crippen molar-refractivity contribution in [1.29, 1.82) is 0 Å². The normalized spacial score (nSPS) is 30.5. The van der Waals surface area contributed by atoms with E-state index in [9.17, 15) is 4.79 Å². The predicted molar refractivity (Wildman–Crippen MR) is 85.0 cm³/mol. The summed E-state index contributed by atoms with van der Waals surface area (Å²) >= 11 is 0. The zero-order valence-electron chi connectivity index (χ0n) is 13.4. The summed E-state index contributed by atoms with van der Waals surface area (Å²) in [6.07, 6.45) is 10.5. The van der Waals surface area contributed by atoms with Crippen molar-refractivity contribution in [2.24, 2.45) is 11.7 Å². The zero-order chi connectivity index (χ0) is 14.7. The molecule has 1 unspecified atom stereocenters. The molecule has 0 aromatic heterocycles. The van der Waals surface area contributed by atoms with Gasteiger partial charge < -0.3 is 15.5 Å². The van der Waals surface area contributed by atoms with E-state index in [0.717, 1.165) is 38.8 Å². The molecule has 4 heteroatoms. The minimum atomic E-state index is -0.543. The molecule has 2 aliphatic heterocycles. The highest BCUT2D eigenvalue weighted by atomic mass is 16.2. The molecule has 21 heavy (non-hydrogen) atoms. The van der Waals surface area contributed by atoms with Gasteiger partial charge in [-0.1, -0.05) is 25.7 Å². The summed E-state index contributed by atoms with van der Waals surface area (Å²) in [4.78, 5) is 17.4. The van der Waals surface area contributed by atoms with Gasteiger partial charge in [-0.15, -0.1) is 0 Å². The van der Waals surface area contributed by atoms with Crippen LogP contribution in [-0.2, 0) is 4.79 Å². The first-order valence-corrected chi connectivity index (χ1v) is 8.98. The van der Waals surface area contributed by atoms with E-state index < -0.39 is 5.54 Å². The molecule has 0 aromatic carbocycles. The third-order valence-electron chi connectivity index (χ3n) is 5.71. The number of hydrogen-bond acceptors (Lipinski definition) is 3. The molecule has 1 atom stereocenters. The lowest BCUT2D eigenvalue weighted by molar-refractivity contribution is -0.137. The molecule has 1 amide bonds. The van der Waals surface area contributed by atoms with E-state index in [1.165, 1.54) is 51.7 Å². The third-order valence-corrected chi connectivity index (χ3v) is 5.71. The lowest BCUT2D eigenvalue weighted by atomic mass is 9.81. The predicted octanol–water partition coefficient (Wildman–Crippen LogP) is 1.98. The second-order valence-electron chi connectivity index (χ2n) is 7.48. The van der Waals surface area contributed by atoms with Crippen molar-refractivity contribution >= 4 is 5.91 Å². The average molecular weight is 293 g/mol. The standard InChI is InChI=1S/C17H31N3O/c18-17(8-3-1-4-9-17)16(21)20-12-7-15(14-20)13-19-10-5-2-6-11-19/h15H,1-14,18H2. The van der Waals surface area contributed by atoms with Gasteiger partial charge >= 0.3 is 0 Å². The number of nitrogens with zero attached hydrogens (tertiary/aromatic N) is 2. The summed E-state index contributed by atoms with van der Waals surface area (Å²) in [6, 6.07) is 0. The van der Waals surface area contributed by atoms with Crippen LogP contribution in [0.2, 0.25) is 0 Å². The number of rotatable bonds is 3. The maximum absolute atomic E-state index is 12.7. The van der Waals surface area contributed by atoms with Gasteiger partial charge in [0.2, 0.25) is 5.91 Å². The Hall–Kier alpha value is -0.610. The third kappa shape index (κ3) is 3.59. The van der Waals surface area contributed by atoms with Crippen LogP contribution in [0.5, 0.6) is 0 Å². The van der Waals surface area contributed by atoms with Gasteiger partial charge in [-0.2, -0.15) is 0 Å². The molecule has 2 N–H and O–H groups in total. The van der Waals surface area contributed by atoms with Gasteiger partial charge in [0.25, 0.3) is 0 Å². The maximum Gasteiger partial charge on any atom is 0.242 e. The first-order valence-electron chi connectivity index (χ1n) is 8.98. The Kier molecular flexibility index (Phi) is 4.85. The summed E-state index contributed by atoms with van der Waals surface area (Å²) in [5.74, 6) is 0.905. The zero-order valence-corrected chi connectivity index (χ0v) is 13.4. The molecule has 3 aliphatic rings. The Morgan fingerprint density at radius 2 is 1.67 bits per heavy atom. The van der Waals surface area contributed by atoms with Crippen LogP contribution >= 0.6 is 0 Å². The molecule has 0 radical (unpaired) electrons. The summed E-state index contributed by atoms with van der Waals surface area (Å²) in [5.41, 5.74) is 5.87. The molecule has 0 aromatic rings. The molecule has 3 rings (SSSR count). The highest BCUT2D eigenvalue weighted by molar-refractivity contribution is 5.86. The van der Waals surface area contributed by atoms with Gasteiger partial charge in [-0.3, -0.25) is 4.79 Å². The molecule has 1 saturated carbocycles. The first-order chi connectivity index (χ1) is 10.2. The minimum absolute atomic E-state index is 0.239. The lowest BCUT2D eigenvalue weighted by Crippen LogP contribution is -2.55. The van der Waals surface area contributed by atoms with Crippen LogP contribution in [0.4, 0.5) is 0 Å². The van der Waals surface area contributed by atoms with Gasteiger partial charge in [0.05, 0.1) is 5.54 Å². The Balaban J connectivity index is 1.50. The van der Waals surface area contributed by atoms with Crippen molar-refractivity contribution in [2.75, 3.05) is 32.7 Å². The highest BCUT2D eigenvalue weighted by Gasteiger charge is 2.40. The molecule has 4 nitrogen and oxygen atoms in total. The Morgan fingerprint density at radius 3 is 2.38 bits per heavy atom. The molecule has 2 saturated heterocycles. The van der Waals surface area contributed by atoms with Gasteiger partial charge in [0.15, 0.2) is 0 Å². The number of carbonyl (C=O) groups is 1. The summed E-state index contributed by atoms with van der Waals surface area (Å²) in [6.45, 7) is 5.56. The van der Waals surface area contributed by atoms with E-state index in [-0.39, 0.29) is 5.91 Å². The Labute approximate surface area is 129 Å². The van der Waals surface area contributed by atoms with E-state index in [1.54, 1.807) is 0 Å². The van der Waals surface area contributed by atoms with Gasteiger partial charge in [-0.25, -0.2) is 0 Å². The fourth-order valence-electron chi connectivity index (χ4n) is 4.38.